The van der Waals surface area contributed by atoms with Gasteiger partial charge in [0, 0.05) is 12.1 Å². The van der Waals surface area contributed by atoms with Gasteiger partial charge < -0.3 is 20.6 Å². The number of halogens is 2. The van der Waals surface area contributed by atoms with Crippen LogP contribution in [0.4, 0.5) is 4.39 Å². The Morgan fingerprint density at radius 1 is 1.60 bits per heavy atom. The maximum atomic E-state index is 13.2. The van der Waals surface area contributed by atoms with Crippen LogP contribution in [-0.2, 0) is 4.74 Å². The van der Waals surface area contributed by atoms with Crippen LogP contribution < -0.4 is 5.73 Å². The molecule has 0 radical (unpaired) electrons. The molecule has 8 heteroatoms. The molecule has 6 nitrogen and oxygen atoms in total. The van der Waals surface area contributed by atoms with Crippen molar-refractivity contribution in [2.45, 2.75) is 6.10 Å². The lowest BCUT2D eigenvalue weighted by Crippen LogP contribution is -2.50. The number of nitrogens with zero attached hydrogens (tertiary/aromatic N) is 2. The summed E-state index contributed by atoms with van der Waals surface area (Å²) in [4.78, 5) is 13.8. The van der Waals surface area contributed by atoms with Gasteiger partial charge in [-0.2, -0.15) is 0 Å². The van der Waals surface area contributed by atoms with E-state index in [0.717, 1.165) is 0 Å². The third kappa shape index (κ3) is 3.07. The Hall–Kier alpha value is -1.67. The second-order valence-electron chi connectivity index (χ2n) is 4.26. The molecule has 1 saturated heterocycles. The van der Waals surface area contributed by atoms with E-state index in [1.807, 2.05) is 0 Å². The Labute approximate surface area is 123 Å². The standard InChI is InChI=1S/C12H13BrFN3O3/c13-8-5-7(1-2-9(8)14)12(18)17-3-4-20-10(6-17)11(15)16-19/h1-2,5,10,19H,3-4,6H2,(H2,15,16). The van der Waals surface area contributed by atoms with Crippen LogP contribution >= 0.6 is 15.9 Å². The van der Waals surface area contributed by atoms with Crippen LogP contribution in [0.1, 0.15) is 10.4 Å². The molecule has 1 heterocycles. The molecular formula is C12H13BrFN3O3. The van der Waals surface area contributed by atoms with Gasteiger partial charge in [0.1, 0.15) is 11.9 Å². The predicted molar refractivity (Wildman–Crippen MR) is 73.2 cm³/mol. The number of carbonyl (C=O) groups excluding carboxylic acids is 1. The van der Waals surface area contributed by atoms with Gasteiger partial charge in [0.25, 0.3) is 5.91 Å². The van der Waals surface area contributed by atoms with Gasteiger partial charge in [0.2, 0.25) is 0 Å². The molecule has 1 aromatic carbocycles. The van der Waals surface area contributed by atoms with Crippen LogP contribution in [0.15, 0.2) is 27.8 Å². The SMILES string of the molecule is N/C(=N/O)C1CN(C(=O)c2ccc(F)c(Br)c2)CCO1. The van der Waals surface area contributed by atoms with Crippen molar-refractivity contribution in [2.24, 2.45) is 10.9 Å². The first kappa shape index (κ1) is 14.7. The molecule has 0 spiro atoms. The van der Waals surface area contributed by atoms with E-state index in [1.165, 1.54) is 23.1 Å². The summed E-state index contributed by atoms with van der Waals surface area (Å²) in [6.07, 6.45) is -0.637. The van der Waals surface area contributed by atoms with E-state index in [0.29, 0.717) is 12.1 Å². The highest BCUT2D eigenvalue weighted by molar-refractivity contribution is 9.10. The summed E-state index contributed by atoms with van der Waals surface area (Å²) in [5.74, 6) is -0.773. The summed E-state index contributed by atoms with van der Waals surface area (Å²) < 4.78 is 18.7. The first-order chi connectivity index (χ1) is 9.52. The number of hydrogen-bond acceptors (Lipinski definition) is 4. The lowest BCUT2D eigenvalue weighted by molar-refractivity contribution is 0.00675. The molecule has 2 rings (SSSR count). The molecule has 108 valence electrons. The number of rotatable bonds is 2. The molecule has 1 aliphatic heterocycles. The Morgan fingerprint density at radius 2 is 2.35 bits per heavy atom. The normalized spacial score (nSPS) is 20.0. The van der Waals surface area contributed by atoms with Crippen LogP contribution in [0.2, 0.25) is 0 Å². The summed E-state index contributed by atoms with van der Waals surface area (Å²) >= 11 is 3.04. The number of amidine groups is 1. The number of amides is 1. The van der Waals surface area contributed by atoms with Crippen LogP contribution in [0.25, 0.3) is 0 Å². The van der Waals surface area contributed by atoms with Gasteiger partial charge in [-0.3, -0.25) is 4.79 Å². The number of oxime groups is 1. The van der Waals surface area contributed by atoms with Gasteiger partial charge in [0.05, 0.1) is 17.6 Å². The maximum Gasteiger partial charge on any atom is 0.254 e. The quantitative estimate of drug-likeness (QED) is 0.364. The largest absolute Gasteiger partial charge is 0.409 e. The summed E-state index contributed by atoms with van der Waals surface area (Å²) in [5, 5.41) is 11.5. The van der Waals surface area contributed by atoms with Crippen molar-refractivity contribution in [2.75, 3.05) is 19.7 Å². The molecule has 1 fully saturated rings. The minimum absolute atomic E-state index is 0.0808. The summed E-state index contributed by atoms with van der Waals surface area (Å²) in [5.41, 5.74) is 5.83. The van der Waals surface area contributed by atoms with E-state index in [2.05, 4.69) is 21.1 Å². The van der Waals surface area contributed by atoms with Crippen molar-refractivity contribution < 1.29 is 19.1 Å². The average molecular weight is 346 g/mol. The van der Waals surface area contributed by atoms with Gasteiger partial charge in [-0.15, -0.1) is 0 Å². The maximum absolute atomic E-state index is 13.2. The lowest BCUT2D eigenvalue weighted by Gasteiger charge is -2.32. The second kappa shape index (κ2) is 6.19. The highest BCUT2D eigenvalue weighted by Gasteiger charge is 2.27. The van der Waals surface area contributed by atoms with Crippen molar-refractivity contribution in [3.63, 3.8) is 0 Å². The molecule has 1 aliphatic rings. The zero-order valence-corrected chi connectivity index (χ0v) is 12.0. The molecule has 1 unspecified atom stereocenters. The van der Waals surface area contributed by atoms with E-state index in [-0.39, 0.29) is 29.4 Å². The molecule has 0 saturated carbocycles. The van der Waals surface area contributed by atoms with Crippen molar-refractivity contribution in [3.8, 4) is 0 Å². The molecule has 0 aromatic heterocycles. The summed E-state index contributed by atoms with van der Waals surface area (Å²) in [6.45, 7) is 0.863. The molecule has 1 atom stereocenters. The number of hydrogen-bond donors (Lipinski definition) is 2. The zero-order chi connectivity index (χ0) is 14.7. The van der Waals surface area contributed by atoms with Gasteiger partial charge in [-0.05, 0) is 34.1 Å². The first-order valence-corrected chi connectivity index (χ1v) is 6.65. The topological polar surface area (TPSA) is 88.2 Å². The number of nitrogens with two attached hydrogens (primary N) is 1. The molecule has 3 N–H and O–H groups in total. The molecule has 1 aromatic rings. The number of carbonyl (C=O) groups is 1. The Kier molecular flexibility index (Phi) is 4.56. The van der Waals surface area contributed by atoms with Gasteiger partial charge in [-0.1, -0.05) is 5.16 Å². The van der Waals surface area contributed by atoms with Crippen LogP contribution in [0.5, 0.6) is 0 Å². The summed E-state index contributed by atoms with van der Waals surface area (Å²) in [7, 11) is 0. The van der Waals surface area contributed by atoms with Crippen molar-refractivity contribution in [3.05, 3.63) is 34.1 Å². The fourth-order valence-corrected chi connectivity index (χ4v) is 2.27. The third-order valence-corrected chi connectivity index (χ3v) is 3.57. The summed E-state index contributed by atoms with van der Waals surface area (Å²) in [6, 6.07) is 4.06. The van der Waals surface area contributed by atoms with Crippen LogP contribution in [0, 0.1) is 5.82 Å². The highest BCUT2D eigenvalue weighted by Crippen LogP contribution is 2.19. The van der Waals surface area contributed by atoms with Crippen LogP contribution in [-0.4, -0.2) is 47.7 Å². The number of benzene rings is 1. The van der Waals surface area contributed by atoms with Gasteiger partial charge in [0.15, 0.2) is 5.84 Å². The van der Waals surface area contributed by atoms with Crippen molar-refractivity contribution in [1.29, 1.82) is 0 Å². The van der Waals surface area contributed by atoms with E-state index in [9.17, 15) is 9.18 Å². The number of morpholine rings is 1. The van der Waals surface area contributed by atoms with E-state index in [1.54, 1.807) is 0 Å². The molecule has 20 heavy (non-hydrogen) atoms. The van der Waals surface area contributed by atoms with Crippen LogP contribution in [0.3, 0.4) is 0 Å². The Bertz CT molecular complexity index is 553. The Morgan fingerprint density at radius 3 is 3.00 bits per heavy atom. The minimum atomic E-state index is -0.637. The molecule has 0 aliphatic carbocycles. The second-order valence-corrected chi connectivity index (χ2v) is 5.12. The lowest BCUT2D eigenvalue weighted by atomic mass is 10.1. The zero-order valence-electron chi connectivity index (χ0n) is 10.4. The average Bonchev–Trinajstić information content (AvgIpc) is 2.48. The fraction of sp³-hybridized carbons (Fsp3) is 0.333. The van der Waals surface area contributed by atoms with Crippen molar-refractivity contribution >= 4 is 27.7 Å². The van der Waals surface area contributed by atoms with E-state index < -0.39 is 11.9 Å². The van der Waals surface area contributed by atoms with Gasteiger partial charge in [-0.25, -0.2) is 4.39 Å². The highest BCUT2D eigenvalue weighted by atomic mass is 79.9. The van der Waals surface area contributed by atoms with Gasteiger partial charge >= 0.3 is 0 Å². The molecule has 0 bridgehead atoms. The Balaban J connectivity index is 2.14. The van der Waals surface area contributed by atoms with Crippen molar-refractivity contribution in [1.82, 2.24) is 4.90 Å². The smallest absolute Gasteiger partial charge is 0.254 e. The fourth-order valence-electron chi connectivity index (χ4n) is 1.89. The van der Waals surface area contributed by atoms with E-state index >= 15 is 0 Å². The monoisotopic (exact) mass is 345 g/mol. The molecular weight excluding hydrogens is 333 g/mol. The minimum Gasteiger partial charge on any atom is -0.409 e. The number of ether oxygens (including phenoxy) is 1. The van der Waals surface area contributed by atoms with E-state index in [4.69, 9.17) is 15.7 Å². The first-order valence-electron chi connectivity index (χ1n) is 5.86. The molecule has 1 amide bonds. The third-order valence-electron chi connectivity index (χ3n) is 2.97. The predicted octanol–water partition coefficient (Wildman–Crippen LogP) is 1.18.